The highest BCUT2D eigenvalue weighted by Gasteiger charge is 2.46. The van der Waals surface area contributed by atoms with E-state index in [4.69, 9.17) is 0 Å². The highest BCUT2D eigenvalue weighted by atomic mass is 16.2. The van der Waals surface area contributed by atoms with Crippen molar-refractivity contribution in [3.05, 3.63) is 34.4 Å². The number of carbonyl (C=O) groups excluding carboxylic acids is 2. The number of Topliss-reactive ketones (excluding diaryl/α,β-unsaturated/α-hetero) is 1. The molecule has 2 aliphatic rings. The predicted octanol–water partition coefficient (Wildman–Crippen LogP) is 2.95. The average Bonchev–Trinajstić information content (AvgIpc) is 3.00. The van der Waals surface area contributed by atoms with E-state index in [-0.39, 0.29) is 17.7 Å². The van der Waals surface area contributed by atoms with Gasteiger partial charge in [-0.15, -0.1) is 0 Å². The Hall–Kier alpha value is -1.64. The fourth-order valence-corrected chi connectivity index (χ4v) is 4.18. The van der Waals surface area contributed by atoms with E-state index < -0.39 is 5.92 Å². The van der Waals surface area contributed by atoms with E-state index in [0.717, 1.165) is 29.5 Å². The number of benzene rings is 1. The van der Waals surface area contributed by atoms with Crippen LogP contribution < -0.4 is 5.32 Å². The van der Waals surface area contributed by atoms with Crippen LogP contribution in [0.15, 0.2) is 12.1 Å². The molecule has 1 aromatic carbocycles. The molecule has 112 valence electrons. The zero-order valence-corrected chi connectivity index (χ0v) is 13.0. The molecule has 1 aliphatic heterocycles. The third-order valence-corrected chi connectivity index (χ3v) is 5.05. The molecule has 1 N–H and O–H groups in total. The molecule has 0 radical (unpaired) electrons. The maximum atomic E-state index is 12.8. The van der Waals surface area contributed by atoms with Crippen molar-refractivity contribution < 1.29 is 9.59 Å². The molecular formula is C18H23NO2. The number of amides is 1. The van der Waals surface area contributed by atoms with E-state index in [2.05, 4.69) is 17.4 Å². The lowest BCUT2D eigenvalue weighted by Crippen LogP contribution is -2.35. The van der Waals surface area contributed by atoms with Crippen LogP contribution in [-0.2, 0) is 9.59 Å². The first-order chi connectivity index (χ1) is 9.99. The Morgan fingerprint density at radius 3 is 2.14 bits per heavy atom. The second-order valence-corrected chi connectivity index (χ2v) is 6.68. The lowest BCUT2D eigenvalue weighted by Gasteiger charge is -2.17. The number of hydrogen-bond acceptors (Lipinski definition) is 2. The first kappa shape index (κ1) is 14.3. The molecule has 1 saturated carbocycles. The molecule has 3 nitrogen and oxygen atoms in total. The Morgan fingerprint density at radius 2 is 1.57 bits per heavy atom. The summed E-state index contributed by atoms with van der Waals surface area (Å²) in [6.07, 6.45) is 4.49. The molecule has 0 spiro atoms. The SMILES string of the molecule is Cc1cc(C)c(C2C(=O)NC(C3CCCC3)C2=O)c(C)c1. The minimum absolute atomic E-state index is 0.0851. The van der Waals surface area contributed by atoms with Crippen LogP contribution in [0.4, 0.5) is 0 Å². The molecule has 2 unspecified atom stereocenters. The fourth-order valence-electron chi connectivity index (χ4n) is 4.18. The lowest BCUT2D eigenvalue weighted by atomic mass is 9.84. The van der Waals surface area contributed by atoms with Gasteiger partial charge in [0.15, 0.2) is 5.78 Å². The highest BCUT2D eigenvalue weighted by molar-refractivity contribution is 6.15. The molecule has 21 heavy (non-hydrogen) atoms. The maximum Gasteiger partial charge on any atom is 0.235 e. The monoisotopic (exact) mass is 285 g/mol. The molecule has 3 heteroatoms. The van der Waals surface area contributed by atoms with Crippen LogP contribution >= 0.6 is 0 Å². The third kappa shape index (κ3) is 2.39. The number of hydrogen-bond donors (Lipinski definition) is 1. The summed E-state index contributed by atoms with van der Waals surface area (Å²) in [6.45, 7) is 6.04. The number of carbonyl (C=O) groups is 2. The van der Waals surface area contributed by atoms with Crippen LogP contribution in [0, 0.1) is 26.7 Å². The van der Waals surface area contributed by atoms with Crippen LogP contribution in [0.3, 0.4) is 0 Å². The number of nitrogens with one attached hydrogen (secondary N) is 1. The molecule has 1 saturated heterocycles. The summed E-state index contributed by atoms with van der Waals surface area (Å²) in [5.41, 5.74) is 4.19. The molecule has 3 rings (SSSR count). The van der Waals surface area contributed by atoms with Crippen molar-refractivity contribution in [3.8, 4) is 0 Å². The van der Waals surface area contributed by atoms with Gasteiger partial charge in [-0.05, 0) is 56.2 Å². The number of ketones is 1. The van der Waals surface area contributed by atoms with Crippen molar-refractivity contribution in [2.45, 2.75) is 58.4 Å². The Bertz CT molecular complexity index is 576. The predicted molar refractivity (Wildman–Crippen MR) is 82.3 cm³/mol. The van der Waals surface area contributed by atoms with Gasteiger partial charge in [-0.1, -0.05) is 30.5 Å². The number of rotatable bonds is 2. The molecule has 1 heterocycles. The van der Waals surface area contributed by atoms with Gasteiger partial charge in [-0.2, -0.15) is 0 Å². The Kier molecular flexibility index (Phi) is 3.60. The van der Waals surface area contributed by atoms with E-state index >= 15 is 0 Å². The van der Waals surface area contributed by atoms with Gasteiger partial charge in [-0.25, -0.2) is 0 Å². The van der Waals surface area contributed by atoms with E-state index in [9.17, 15) is 9.59 Å². The van der Waals surface area contributed by atoms with Crippen molar-refractivity contribution in [1.29, 1.82) is 0 Å². The number of aryl methyl sites for hydroxylation is 3. The van der Waals surface area contributed by atoms with Gasteiger partial charge in [0.25, 0.3) is 0 Å². The van der Waals surface area contributed by atoms with Crippen LogP contribution in [0.5, 0.6) is 0 Å². The largest absolute Gasteiger partial charge is 0.345 e. The second kappa shape index (κ2) is 5.28. The van der Waals surface area contributed by atoms with Gasteiger partial charge in [-0.3, -0.25) is 9.59 Å². The minimum Gasteiger partial charge on any atom is -0.345 e. The smallest absolute Gasteiger partial charge is 0.235 e. The Morgan fingerprint density at radius 1 is 1.00 bits per heavy atom. The molecule has 0 bridgehead atoms. The van der Waals surface area contributed by atoms with Gasteiger partial charge in [0.2, 0.25) is 5.91 Å². The minimum atomic E-state index is -0.601. The zero-order valence-electron chi connectivity index (χ0n) is 13.0. The van der Waals surface area contributed by atoms with Crippen LogP contribution in [0.2, 0.25) is 0 Å². The van der Waals surface area contributed by atoms with Crippen LogP contribution in [-0.4, -0.2) is 17.7 Å². The fraction of sp³-hybridized carbons (Fsp3) is 0.556. The maximum absolute atomic E-state index is 12.8. The van der Waals surface area contributed by atoms with Crippen molar-refractivity contribution in [1.82, 2.24) is 5.32 Å². The summed E-state index contributed by atoms with van der Waals surface area (Å²) in [5, 5.41) is 2.97. The lowest BCUT2D eigenvalue weighted by molar-refractivity contribution is -0.124. The molecule has 1 aromatic rings. The summed E-state index contributed by atoms with van der Waals surface area (Å²) in [7, 11) is 0. The first-order valence-electron chi connectivity index (χ1n) is 7.91. The highest BCUT2D eigenvalue weighted by Crippen LogP contribution is 2.36. The quantitative estimate of drug-likeness (QED) is 0.849. The van der Waals surface area contributed by atoms with E-state index in [0.29, 0.717) is 5.92 Å². The normalized spacial score (nSPS) is 26.4. The van der Waals surface area contributed by atoms with E-state index in [1.54, 1.807) is 0 Å². The van der Waals surface area contributed by atoms with E-state index in [1.165, 1.54) is 18.4 Å². The Balaban J connectivity index is 1.96. The van der Waals surface area contributed by atoms with Gasteiger partial charge in [0.1, 0.15) is 5.92 Å². The third-order valence-electron chi connectivity index (χ3n) is 5.05. The summed E-state index contributed by atoms with van der Waals surface area (Å²) in [5.74, 6) is -0.275. The summed E-state index contributed by atoms with van der Waals surface area (Å²) in [4.78, 5) is 25.2. The molecular weight excluding hydrogens is 262 g/mol. The topological polar surface area (TPSA) is 46.2 Å². The van der Waals surface area contributed by atoms with Gasteiger partial charge in [0, 0.05) is 0 Å². The summed E-state index contributed by atoms with van der Waals surface area (Å²) in [6, 6.07) is 3.86. The second-order valence-electron chi connectivity index (χ2n) is 6.68. The van der Waals surface area contributed by atoms with Crippen molar-refractivity contribution >= 4 is 11.7 Å². The summed E-state index contributed by atoms with van der Waals surface area (Å²) < 4.78 is 0. The molecule has 2 fully saturated rings. The summed E-state index contributed by atoms with van der Waals surface area (Å²) >= 11 is 0. The molecule has 1 amide bonds. The zero-order chi connectivity index (χ0) is 15.1. The standard InChI is InChI=1S/C18H23NO2/c1-10-8-11(2)14(12(3)9-10)15-17(20)16(19-18(15)21)13-6-4-5-7-13/h8-9,13,15-16H,4-7H2,1-3H3,(H,19,21). The van der Waals surface area contributed by atoms with E-state index in [1.807, 2.05) is 20.8 Å². The van der Waals surface area contributed by atoms with Crippen LogP contribution in [0.25, 0.3) is 0 Å². The molecule has 0 aromatic heterocycles. The molecule has 1 aliphatic carbocycles. The van der Waals surface area contributed by atoms with Crippen molar-refractivity contribution in [2.75, 3.05) is 0 Å². The van der Waals surface area contributed by atoms with Gasteiger partial charge < -0.3 is 5.32 Å². The van der Waals surface area contributed by atoms with Gasteiger partial charge >= 0.3 is 0 Å². The molecule has 2 atom stereocenters. The van der Waals surface area contributed by atoms with Crippen molar-refractivity contribution in [3.63, 3.8) is 0 Å². The average molecular weight is 285 g/mol. The first-order valence-corrected chi connectivity index (χ1v) is 7.91. The Labute approximate surface area is 126 Å². The van der Waals surface area contributed by atoms with Crippen molar-refractivity contribution in [2.24, 2.45) is 5.92 Å². The van der Waals surface area contributed by atoms with Crippen LogP contribution in [0.1, 0.15) is 53.9 Å². The van der Waals surface area contributed by atoms with Gasteiger partial charge in [0.05, 0.1) is 6.04 Å².